The van der Waals surface area contributed by atoms with Crippen molar-refractivity contribution in [3.63, 3.8) is 0 Å². The van der Waals surface area contributed by atoms with E-state index in [1.807, 2.05) is 0 Å². The van der Waals surface area contributed by atoms with Gasteiger partial charge in [-0.3, -0.25) is 0 Å². The summed E-state index contributed by atoms with van der Waals surface area (Å²) in [6.07, 6.45) is 0. The fraction of sp³-hybridized carbons (Fsp3) is 0.500. The Balaban J connectivity index is 2.46. The molecule has 0 saturated carbocycles. The molecule has 0 fully saturated rings. The molecule has 1 heterocycles. The van der Waals surface area contributed by atoms with Crippen molar-refractivity contribution >= 4 is 10.8 Å². The minimum Gasteiger partial charge on any atom is -0.313 e. The number of benzene rings is 2. The summed E-state index contributed by atoms with van der Waals surface area (Å²) in [6.45, 7) is 13.1. The van der Waals surface area contributed by atoms with E-state index < -0.39 is 0 Å². The van der Waals surface area contributed by atoms with Crippen LogP contribution in [0.15, 0.2) is 24.3 Å². The van der Waals surface area contributed by atoms with Gasteiger partial charge in [-0.2, -0.15) is 5.06 Å². The molecule has 2 atom stereocenters. The number of hydroxylamine groups is 2. The molecular formula is C20H27NO. The van der Waals surface area contributed by atoms with Crippen LogP contribution in [0.25, 0.3) is 10.8 Å². The van der Waals surface area contributed by atoms with Gasteiger partial charge in [0.2, 0.25) is 0 Å². The van der Waals surface area contributed by atoms with E-state index >= 15 is 0 Å². The fourth-order valence-corrected chi connectivity index (χ4v) is 4.16. The minimum absolute atomic E-state index is 0.0606. The zero-order valence-electron chi connectivity index (χ0n) is 14.5. The van der Waals surface area contributed by atoms with Gasteiger partial charge in [-0.15, -0.1) is 0 Å². The molecule has 0 saturated heterocycles. The van der Waals surface area contributed by atoms with E-state index in [0.29, 0.717) is 11.8 Å². The molecule has 118 valence electrons. The van der Waals surface area contributed by atoms with Crippen LogP contribution in [0.3, 0.4) is 0 Å². The summed E-state index contributed by atoms with van der Waals surface area (Å²) in [5, 5.41) is 15.4. The molecule has 2 aromatic carbocycles. The van der Waals surface area contributed by atoms with Crippen molar-refractivity contribution in [2.45, 2.75) is 53.6 Å². The Bertz CT molecular complexity index is 660. The van der Waals surface area contributed by atoms with Crippen molar-refractivity contribution in [3.05, 3.63) is 46.5 Å². The second kappa shape index (κ2) is 5.36. The van der Waals surface area contributed by atoms with E-state index in [1.54, 1.807) is 5.06 Å². The van der Waals surface area contributed by atoms with Crippen LogP contribution in [0.4, 0.5) is 0 Å². The highest BCUT2D eigenvalue weighted by Crippen LogP contribution is 2.49. The first-order valence-corrected chi connectivity index (χ1v) is 8.34. The Morgan fingerprint density at radius 2 is 1.23 bits per heavy atom. The van der Waals surface area contributed by atoms with Crippen LogP contribution in [-0.4, -0.2) is 10.3 Å². The van der Waals surface area contributed by atoms with Gasteiger partial charge in [-0.05, 0) is 58.7 Å². The Labute approximate surface area is 133 Å². The highest BCUT2D eigenvalue weighted by Gasteiger charge is 2.39. The summed E-state index contributed by atoms with van der Waals surface area (Å²) in [7, 11) is 0. The number of nitrogens with zero attached hydrogens (tertiary/aromatic N) is 1. The van der Waals surface area contributed by atoms with E-state index in [9.17, 15) is 5.21 Å². The number of hydrogen-bond acceptors (Lipinski definition) is 2. The second-order valence-electron chi connectivity index (χ2n) is 7.45. The maximum absolute atomic E-state index is 11.1. The van der Waals surface area contributed by atoms with Crippen molar-refractivity contribution in [1.29, 1.82) is 0 Å². The summed E-state index contributed by atoms with van der Waals surface area (Å²) >= 11 is 0. The first kappa shape index (κ1) is 15.5. The van der Waals surface area contributed by atoms with Gasteiger partial charge < -0.3 is 5.21 Å². The van der Waals surface area contributed by atoms with Crippen molar-refractivity contribution in [2.24, 2.45) is 11.8 Å². The zero-order valence-corrected chi connectivity index (χ0v) is 14.5. The van der Waals surface area contributed by atoms with Gasteiger partial charge in [0.05, 0.1) is 12.1 Å². The molecular weight excluding hydrogens is 270 g/mol. The Hall–Kier alpha value is -1.38. The summed E-state index contributed by atoms with van der Waals surface area (Å²) in [5.74, 6) is 0.730. The van der Waals surface area contributed by atoms with E-state index in [4.69, 9.17) is 0 Å². The molecule has 1 aliphatic heterocycles. The molecule has 2 aromatic rings. The summed E-state index contributed by atoms with van der Waals surface area (Å²) in [4.78, 5) is 0. The Morgan fingerprint density at radius 1 is 0.818 bits per heavy atom. The molecule has 22 heavy (non-hydrogen) atoms. The lowest BCUT2D eigenvalue weighted by Gasteiger charge is -2.44. The lowest BCUT2D eigenvalue weighted by atomic mass is 9.77. The third kappa shape index (κ3) is 2.09. The molecule has 0 aromatic heterocycles. The summed E-state index contributed by atoms with van der Waals surface area (Å²) in [5.41, 5.74) is 5.18. The first-order chi connectivity index (χ1) is 10.3. The third-order valence-corrected chi connectivity index (χ3v) is 5.13. The molecule has 0 radical (unpaired) electrons. The molecule has 2 heteroatoms. The first-order valence-electron chi connectivity index (χ1n) is 8.34. The monoisotopic (exact) mass is 297 g/mol. The van der Waals surface area contributed by atoms with Crippen molar-refractivity contribution in [3.8, 4) is 0 Å². The van der Waals surface area contributed by atoms with Gasteiger partial charge in [0.25, 0.3) is 0 Å². The Morgan fingerprint density at radius 3 is 1.59 bits per heavy atom. The molecule has 0 aliphatic carbocycles. The van der Waals surface area contributed by atoms with Crippen LogP contribution < -0.4 is 0 Å². The fourth-order valence-electron chi connectivity index (χ4n) is 4.16. The molecule has 2 unspecified atom stereocenters. The van der Waals surface area contributed by atoms with Crippen LogP contribution in [-0.2, 0) is 0 Å². The maximum atomic E-state index is 11.1. The third-order valence-electron chi connectivity index (χ3n) is 5.13. The van der Waals surface area contributed by atoms with Crippen molar-refractivity contribution in [2.75, 3.05) is 0 Å². The smallest absolute Gasteiger partial charge is 0.0638 e. The van der Waals surface area contributed by atoms with Crippen LogP contribution in [0.2, 0.25) is 0 Å². The molecule has 1 N–H and O–H groups in total. The number of aryl methyl sites for hydroxylation is 2. The van der Waals surface area contributed by atoms with Gasteiger partial charge in [-0.25, -0.2) is 0 Å². The lowest BCUT2D eigenvalue weighted by molar-refractivity contribution is -0.188. The van der Waals surface area contributed by atoms with Crippen LogP contribution in [0.1, 0.15) is 62.0 Å². The predicted octanol–water partition coefficient (Wildman–Crippen LogP) is 5.56. The molecule has 1 aliphatic rings. The van der Waals surface area contributed by atoms with E-state index in [0.717, 1.165) is 0 Å². The number of rotatable bonds is 2. The summed E-state index contributed by atoms with van der Waals surface area (Å²) < 4.78 is 0. The van der Waals surface area contributed by atoms with Gasteiger partial charge in [0, 0.05) is 0 Å². The highest BCUT2D eigenvalue weighted by atomic mass is 16.5. The maximum Gasteiger partial charge on any atom is 0.0638 e. The normalized spacial score (nSPS) is 22.0. The van der Waals surface area contributed by atoms with Gasteiger partial charge in [0.15, 0.2) is 0 Å². The Kier molecular flexibility index (Phi) is 3.78. The highest BCUT2D eigenvalue weighted by molar-refractivity contribution is 5.92. The van der Waals surface area contributed by atoms with E-state index in [2.05, 4.69) is 65.8 Å². The van der Waals surface area contributed by atoms with Gasteiger partial charge in [-0.1, -0.05) is 52.0 Å². The predicted molar refractivity (Wildman–Crippen MR) is 92.2 cm³/mol. The van der Waals surface area contributed by atoms with Crippen molar-refractivity contribution in [1.82, 2.24) is 5.06 Å². The van der Waals surface area contributed by atoms with Gasteiger partial charge >= 0.3 is 0 Å². The average Bonchev–Trinajstić information content (AvgIpc) is 2.44. The molecule has 0 amide bonds. The quantitative estimate of drug-likeness (QED) is 0.785. The topological polar surface area (TPSA) is 23.5 Å². The SMILES string of the molecule is Cc1ccc2ccc(C)c3c2c1C(C(C)C)N(O)C3C(C)C. The molecule has 2 nitrogen and oxygen atoms in total. The van der Waals surface area contributed by atoms with Crippen molar-refractivity contribution < 1.29 is 5.21 Å². The molecule has 3 rings (SSSR count). The molecule has 0 spiro atoms. The zero-order chi connectivity index (χ0) is 16.2. The standard InChI is InChI=1S/C20H27NO/c1-11(2)19-16-13(5)7-9-15-10-8-14(6)17(18(15)16)20(12(3)4)21(19)22/h7-12,19-20,22H,1-6H3. The summed E-state index contributed by atoms with van der Waals surface area (Å²) in [6, 6.07) is 8.94. The lowest BCUT2D eigenvalue weighted by Crippen LogP contribution is -2.39. The minimum atomic E-state index is 0.0606. The average molecular weight is 297 g/mol. The van der Waals surface area contributed by atoms with Crippen LogP contribution in [0, 0.1) is 25.7 Å². The second-order valence-corrected chi connectivity index (χ2v) is 7.45. The van der Waals surface area contributed by atoms with E-state index in [-0.39, 0.29) is 12.1 Å². The van der Waals surface area contributed by atoms with Crippen LogP contribution >= 0.6 is 0 Å². The number of hydrogen-bond donors (Lipinski definition) is 1. The largest absolute Gasteiger partial charge is 0.313 e. The van der Waals surface area contributed by atoms with Crippen LogP contribution in [0.5, 0.6) is 0 Å². The van der Waals surface area contributed by atoms with Gasteiger partial charge in [0.1, 0.15) is 0 Å². The molecule has 0 bridgehead atoms. The van der Waals surface area contributed by atoms with E-state index in [1.165, 1.54) is 33.0 Å².